The third-order valence-electron chi connectivity index (χ3n) is 3.17. The zero-order chi connectivity index (χ0) is 12.4. The molecule has 1 aromatic carbocycles. The van der Waals surface area contributed by atoms with E-state index in [2.05, 4.69) is 29.3 Å². The Hall–Kier alpha value is -1.79. The van der Waals surface area contributed by atoms with E-state index in [9.17, 15) is 0 Å². The lowest BCUT2D eigenvalue weighted by atomic mass is 10.1. The van der Waals surface area contributed by atoms with Gasteiger partial charge in [0.1, 0.15) is 6.07 Å². The molecule has 0 saturated heterocycles. The summed E-state index contributed by atoms with van der Waals surface area (Å²) in [5.74, 6) is 0. The van der Waals surface area contributed by atoms with Crippen molar-refractivity contribution >= 4 is 11.8 Å². The van der Waals surface area contributed by atoms with Gasteiger partial charge in [0, 0.05) is 16.0 Å². The monoisotopic (exact) mass is 252 g/mol. The maximum absolute atomic E-state index is 9.03. The second-order valence-corrected chi connectivity index (χ2v) is 5.46. The number of nitrogens with zero attached hydrogens (tertiary/aromatic N) is 2. The van der Waals surface area contributed by atoms with E-state index in [0.717, 1.165) is 4.90 Å². The maximum atomic E-state index is 9.03. The predicted molar refractivity (Wildman–Crippen MR) is 71.5 cm³/mol. The Morgan fingerprint density at radius 1 is 1.17 bits per heavy atom. The molecular formula is C15H12N2S. The van der Waals surface area contributed by atoms with Gasteiger partial charge in [0.25, 0.3) is 0 Å². The van der Waals surface area contributed by atoms with E-state index in [-0.39, 0.29) is 0 Å². The molecule has 0 saturated carbocycles. The molecule has 0 N–H and O–H groups in total. The molecule has 1 aliphatic rings. The van der Waals surface area contributed by atoms with Crippen LogP contribution >= 0.6 is 11.8 Å². The molecule has 1 aliphatic carbocycles. The van der Waals surface area contributed by atoms with Crippen molar-refractivity contribution in [2.45, 2.75) is 29.1 Å². The fourth-order valence-corrected chi connectivity index (χ4v) is 3.23. The van der Waals surface area contributed by atoms with Crippen molar-refractivity contribution in [2.24, 2.45) is 0 Å². The van der Waals surface area contributed by atoms with Crippen molar-refractivity contribution in [3.63, 3.8) is 0 Å². The molecule has 3 heteroatoms. The SMILES string of the molecule is N#Cc1ncccc1Sc1ccc2c(c1)CCC2. The second kappa shape index (κ2) is 4.83. The van der Waals surface area contributed by atoms with Crippen LogP contribution < -0.4 is 0 Å². The quantitative estimate of drug-likeness (QED) is 0.819. The molecule has 0 radical (unpaired) electrons. The molecule has 0 spiro atoms. The van der Waals surface area contributed by atoms with Crippen LogP contribution in [0.2, 0.25) is 0 Å². The normalized spacial score (nSPS) is 13.1. The molecular weight excluding hydrogens is 240 g/mol. The Balaban J connectivity index is 1.91. The van der Waals surface area contributed by atoms with Crippen molar-refractivity contribution in [2.75, 3.05) is 0 Å². The lowest BCUT2D eigenvalue weighted by Crippen LogP contribution is -1.87. The standard InChI is InChI=1S/C15H12N2S/c16-10-14-15(5-2-8-17-14)18-13-7-6-11-3-1-4-12(11)9-13/h2,5-9H,1,3-4H2. The lowest BCUT2D eigenvalue weighted by molar-refractivity contribution is 0.911. The van der Waals surface area contributed by atoms with Crippen molar-refractivity contribution < 1.29 is 0 Å². The molecule has 88 valence electrons. The summed E-state index contributed by atoms with van der Waals surface area (Å²) in [6.45, 7) is 0. The van der Waals surface area contributed by atoms with Gasteiger partial charge in [-0.05, 0) is 54.7 Å². The fraction of sp³-hybridized carbons (Fsp3) is 0.200. The van der Waals surface area contributed by atoms with Crippen molar-refractivity contribution in [1.29, 1.82) is 5.26 Å². The van der Waals surface area contributed by atoms with Crippen LogP contribution in [0.1, 0.15) is 23.2 Å². The molecule has 2 aromatic rings. The summed E-state index contributed by atoms with van der Waals surface area (Å²) in [5.41, 5.74) is 3.44. The molecule has 1 heterocycles. The van der Waals surface area contributed by atoms with Gasteiger partial charge in [-0.25, -0.2) is 4.98 Å². The molecule has 0 fully saturated rings. The minimum Gasteiger partial charge on any atom is -0.244 e. The highest BCUT2D eigenvalue weighted by molar-refractivity contribution is 7.99. The molecule has 18 heavy (non-hydrogen) atoms. The number of hydrogen-bond donors (Lipinski definition) is 0. The van der Waals surface area contributed by atoms with Gasteiger partial charge in [-0.2, -0.15) is 5.26 Å². The number of hydrogen-bond acceptors (Lipinski definition) is 3. The summed E-state index contributed by atoms with van der Waals surface area (Å²) in [7, 11) is 0. The first-order chi connectivity index (χ1) is 8.86. The van der Waals surface area contributed by atoms with Crippen LogP contribution in [0.15, 0.2) is 46.3 Å². The van der Waals surface area contributed by atoms with Gasteiger partial charge in [0.15, 0.2) is 5.69 Å². The van der Waals surface area contributed by atoms with Gasteiger partial charge in [-0.15, -0.1) is 0 Å². The minimum atomic E-state index is 0.503. The van der Waals surface area contributed by atoms with Gasteiger partial charge in [-0.1, -0.05) is 17.8 Å². The summed E-state index contributed by atoms with van der Waals surface area (Å²) < 4.78 is 0. The average molecular weight is 252 g/mol. The molecule has 2 nitrogen and oxygen atoms in total. The zero-order valence-electron chi connectivity index (χ0n) is 9.89. The highest BCUT2D eigenvalue weighted by atomic mass is 32.2. The Kier molecular flexibility index (Phi) is 3.04. The summed E-state index contributed by atoms with van der Waals surface area (Å²) in [6.07, 6.45) is 5.31. The number of aromatic nitrogens is 1. The van der Waals surface area contributed by atoms with E-state index >= 15 is 0 Å². The number of pyridine rings is 1. The number of rotatable bonds is 2. The van der Waals surface area contributed by atoms with E-state index < -0.39 is 0 Å². The maximum Gasteiger partial charge on any atom is 0.154 e. The van der Waals surface area contributed by atoms with Crippen LogP contribution in [-0.2, 0) is 12.8 Å². The molecule has 3 rings (SSSR count). The van der Waals surface area contributed by atoms with Crippen LogP contribution in [0, 0.1) is 11.3 Å². The van der Waals surface area contributed by atoms with Crippen LogP contribution in [0.25, 0.3) is 0 Å². The van der Waals surface area contributed by atoms with Gasteiger partial charge in [-0.3, -0.25) is 0 Å². The van der Waals surface area contributed by atoms with E-state index in [4.69, 9.17) is 5.26 Å². The molecule has 1 aromatic heterocycles. The molecule has 0 atom stereocenters. The molecule has 0 aliphatic heterocycles. The lowest BCUT2D eigenvalue weighted by Gasteiger charge is -2.05. The summed E-state index contributed by atoms with van der Waals surface area (Å²) in [5, 5.41) is 9.03. The number of nitriles is 1. The van der Waals surface area contributed by atoms with E-state index in [1.165, 1.54) is 35.3 Å². The first-order valence-corrected chi connectivity index (χ1v) is 6.83. The first kappa shape index (κ1) is 11.3. The third kappa shape index (κ3) is 2.12. The van der Waals surface area contributed by atoms with Gasteiger partial charge in [0.2, 0.25) is 0 Å². The molecule has 0 bridgehead atoms. The molecule has 0 amide bonds. The van der Waals surface area contributed by atoms with Crippen molar-refractivity contribution in [3.05, 3.63) is 53.3 Å². The molecule has 0 unspecified atom stereocenters. The number of benzene rings is 1. The summed E-state index contributed by atoms with van der Waals surface area (Å²) in [4.78, 5) is 6.21. The van der Waals surface area contributed by atoms with Crippen molar-refractivity contribution in [3.8, 4) is 6.07 Å². The highest BCUT2D eigenvalue weighted by Crippen LogP contribution is 2.32. The van der Waals surface area contributed by atoms with E-state index in [1.54, 1.807) is 18.0 Å². The minimum absolute atomic E-state index is 0.503. The van der Waals surface area contributed by atoms with Gasteiger partial charge in [0.05, 0.1) is 0 Å². The predicted octanol–water partition coefficient (Wildman–Crippen LogP) is 3.59. The van der Waals surface area contributed by atoms with Crippen molar-refractivity contribution in [1.82, 2.24) is 4.98 Å². The van der Waals surface area contributed by atoms with E-state index in [1.807, 2.05) is 12.1 Å². The second-order valence-electron chi connectivity index (χ2n) is 4.35. The van der Waals surface area contributed by atoms with Gasteiger partial charge < -0.3 is 0 Å². The number of aryl methyl sites for hydroxylation is 2. The Morgan fingerprint density at radius 2 is 2.06 bits per heavy atom. The summed E-state index contributed by atoms with van der Waals surface area (Å²) >= 11 is 1.62. The first-order valence-electron chi connectivity index (χ1n) is 6.01. The third-order valence-corrected chi connectivity index (χ3v) is 4.21. The highest BCUT2D eigenvalue weighted by Gasteiger charge is 2.12. The Labute approximate surface area is 111 Å². The number of fused-ring (bicyclic) bond motifs is 1. The Bertz CT molecular complexity index is 629. The Morgan fingerprint density at radius 3 is 2.94 bits per heavy atom. The largest absolute Gasteiger partial charge is 0.244 e. The fourth-order valence-electron chi connectivity index (χ4n) is 2.30. The van der Waals surface area contributed by atoms with Crippen LogP contribution in [0.3, 0.4) is 0 Å². The van der Waals surface area contributed by atoms with Crippen LogP contribution in [0.5, 0.6) is 0 Å². The topological polar surface area (TPSA) is 36.7 Å². The van der Waals surface area contributed by atoms with Crippen LogP contribution in [-0.4, -0.2) is 4.98 Å². The van der Waals surface area contributed by atoms with Crippen LogP contribution in [0.4, 0.5) is 0 Å². The van der Waals surface area contributed by atoms with E-state index in [0.29, 0.717) is 5.69 Å². The van der Waals surface area contributed by atoms with Gasteiger partial charge >= 0.3 is 0 Å². The zero-order valence-corrected chi connectivity index (χ0v) is 10.7. The smallest absolute Gasteiger partial charge is 0.154 e. The average Bonchev–Trinajstić information content (AvgIpc) is 2.87. The summed E-state index contributed by atoms with van der Waals surface area (Å²) in [6, 6.07) is 12.6.